The molecule has 2 N–H and O–H groups in total. The van der Waals surface area contributed by atoms with Gasteiger partial charge in [-0.3, -0.25) is 14.1 Å². The highest BCUT2D eigenvalue weighted by Gasteiger charge is 2.22. The van der Waals surface area contributed by atoms with Gasteiger partial charge >= 0.3 is 19.8 Å². The van der Waals surface area contributed by atoms with Crippen molar-refractivity contribution >= 4 is 19.8 Å². The fraction of sp³-hybridized carbons (Fsp3) is 0.532. The molecule has 1 atom stereocenters. The number of carbonyl (C=O) groups is 2. The van der Waals surface area contributed by atoms with Crippen molar-refractivity contribution in [1.29, 1.82) is 0 Å². The van der Waals surface area contributed by atoms with Crippen LogP contribution in [0.15, 0.2) is 122 Å². The van der Waals surface area contributed by atoms with Gasteiger partial charge in [0.25, 0.3) is 0 Å². The van der Waals surface area contributed by atoms with Gasteiger partial charge < -0.3 is 19.3 Å². The lowest BCUT2D eigenvalue weighted by atomic mass is 10.1. The van der Waals surface area contributed by atoms with Gasteiger partial charge in [0, 0.05) is 12.8 Å². The number of unbranched alkanes of at least 4 members (excludes halogenated alkanes) is 6. The summed E-state index contributed by atoms with van der Waals surface area (Å²) in [5.41, 5.74) is 0. The van der Waals surface area contributed by atoms with E-state index in [2.05, 4.69) is 128 Å². The Morgan fingerprint density at radius 2 is 0.893 bits per heavy atom. The first-order valence-corrected chi connectivity index (χ1v) is 22.4. The highest BCUT2D eigenvalue weighted by atomic mass is 31.2. The molecule has 0 fully saturated rings. The van der Waals surface area contributed by atoms with Crippen LogP contribution in [0, 0.1) is 0 Å². The molecule has 56 heavy (non-hydrogen) atoms. The van der Waals surface area contributed by atoms with Crippen LogP contribution in [-0.2, 0) is 28.2 Å². The highest BCUT2D eigenvalue weighted by molar-refractivity contribution is 7.46. The van der Waals surface area contributed by atoms with Crippen molar-refractivity contribution in [2.24, 2.45) is 0 Å². The van der Waals surface area contributed by atoms with Crippen molar-refractivity contribution in [3.8, 4) is 0 Å². The number of rotatable bonds is 36. The van der Waals surface area contributed by atoms with E-state index in [0.717, 1.165) is 77.0 Å². The van der Waals surface area contributed by atoms with Gasteiger partial charge in [0.05, 0.1) is 6.61 Å². The Kier molecular flexibility index (Phi) is 38.5. The Morgan fingerprint density at radius 1 is 0.482 bits per heavy atom. The third kappa shape index (κ3) is 43.2. The zero-order valence-electron chi connectivity index (χ0n) is 34.5. The van der Waals surface area contributed by atoms with E-state index in [1.807, 2.05) is 12.2 Å². The van der Waals surface area contributed by atoms with Crippen molar-refractivity contribution in [1.82, 2.24) is 0 Å². The number of hydrogen-bond donors (Lipinski definition) is 2. The van der Waals surface area contributed by atoms with Crippen LogP contribution in [0.25, 0.3) is 0 Å². The summed E-state index contributed by atoms with van der Waals surface area (Å²) in [6.45, 7) is 3.43. The molecule has 0 aliphatic heterocycles. The molecule has 0 aliphatic carbocycles. The minimum Gasteiger partial charge on any atom is -0.462 e. The minimum absolute atomic E-state index is 0.128. The maximum absolute atomic E-state index is 12.4. The quantitative estimate of drug-likeness (QED) is 0.0278. The summed E-state index contributed by atoms with van der Waals surface area (Å²) < 4.78 is 26.3. The Balaban J connectivity index is 4.16. The summed E-state index contributed by atoms with van der Waals surface area (Å²) in [4.78, 5) is 42.8. The molecule has 0 aromatic rings. The first-order chi connectivity index (χ1) is 27.3. The Hall–Kier alpha value is -3.55. The summed E-state index contributed by atoms with van der Waals surface area (Å²) in [5, 5.41) is 0. The first-order valence-electron chi connectivity index (χ1n) is 20.8. The summed E-state index contributed by atoms with van der Waals surface area (Å²) in [7, 11) is -4.79. The van der Waals surface area contributed by atoms with E-state index in [4.69, 9.17) is 19.3 Å². The predicted octanol–water partition coefficient (Wildman–Crippen LogP) is 13.0. The lowest BCUT2D eigenvalue weighted by molar-refractivity contribution is -0.161. The van der Waals surface area contributed by atoms with E-state index in [1.165, 1.54) is 25.7 Å². The molecule has 0 aromatic heterocycles. The molecule has 0 bridgehead atoms. The molecule has 0 amide bonds. The van der Waals surface area contributed by atoms with Crippen LogP contribution >= 0.6 is 7.82 Å². The fourth-order valence-electron chi connectivity index (χ4n) is 4.91. The lowest BCUT2D eigenvalue weighted by Crippen LogP contribution is -2.29. The van der Waals surface area contributed by atoms with E-state index in [-0.39, 0.29) is 19.4 Å². The number of phosphoric acid groups is 1. The largest absolute Gasteiger partial charge is 0.469 e. The number of allylic oxidation sites excluding steroid dienone is 20. The second kappa shape index (κ2) is 41.1. The molecule has 0 aromatic carbocycles. The fourth-order valence-corrected chi connectivity index (χ4v) is 5.27. The monoisotopic (exact) mass is 797 g/mol. The van der Waals surface area contributed by atoms with Crippen molar-refractivity contribution in [2.45, 2.75) is 148 Å². The van der Waals surface area contributed by atoms with Crippen molar-refractivity contribution in [3.05, 3.63) is 122 Å². The van der Waals surface area contributed by atoms with Crippen LogP contribution in [0.5, 0.6) is 0 Å². The lowest BCUT2D eigenvalue weighted by Gasteiger charge is -2.18. The number of hydrogen-bond acceptors (Lipinski definition) is 6. The molecule has 0 spiro atoms. The molecule has 8 nitrogen and oxygen atoms in total. The molecule has 0 saturated carbocycles. The van der Waals surface area contributed by atoms with Crippen LogP contribution in [0.2, 0.25) is 0 Å². The number of esters is 2. The van der Waals surface area contributed by atoms with Gasteiger partial charge in [-0.1, -0.05) is 155 Å². The zero-order valence-corrected chi connectivity index (χ0v) is 35.4. The zero-order chi connectivity index (χ0) is 41.1. The average Bonchev–Trinajstić information content (AvgIpc) is 3.17. The molecule has 0 radical (unpaired) electrons. The summed E-state index contributed by atoms with van der Waals surface area (Å²) in [6, 6.07) is 0. The first kappa shape index (κ1) is 52.5. The topological polar surface area (TPSA) is 119 Å². The number of phosphoric ester groups is 1. The Bertz CT molecular complexity index is 1310. The number of ether oxygens (including phenoxy) is 2. The van der Waals surface area contributed by atoms with E-state index in [9.17, 15) is 14.2 Å². The van der Waals surface area contributed by atoms with Crippen molar-refractivity contribution < 1.29 is 37.9 Å². The molecule has 0 aliphatic rings. The van der Waals surface area contributed by atoms with Crippen LogP contribution in [-0.4, -0.2) is 41.0 Å². The highest BCUT2D eigenvalue weighted by Crippen LogP contribution is 2.36. The molecule has 0 unspecified atom stereocenters. The standard InChI is InChI=1S/C47H73O8P/c1-3-5-7-9-11-13-15-17-19-21-23-25-27-29-31-33-35-37-39-41-46(48)53-43-45(44-54-56(50,51)52)55-47(49)42-40-38-36-34-32-30-28-26-24-22-20-18-16-14-12-10-8-6-4-2/h6,8,11-14,17-20,23-26,29-32,35,37,45H,3-5,7,9-10,15-16,21-22,27-28,33-34,36,38-44H2,1-2H3,(H2,50,51,52)/b8-6+,13-11+,14-12+,19-17+,20-18+,25-23+,26-24+,31-29+,32-30+,37-35+/t45-/m1/s1. The van der Waals surface area contributed by atoms with Crippen LogP contribution in [0.1, 0.15) is 142 Å². The number of carbonyl (C=O) groups excluding carboxylic acids is 2. The van der Waals surface area contributed by atoms with E-state index in [1.54, 1.807) is 0 Å². The predicted molar refractivity (Wildman–Crippen MR) is 234 cm³/mol. The van der Waals surface area contributed by atoms with E-state index >= 15 is 0 Å². The maximum atomic E-state index is 12.4. The minimum atomic E-state index is -4.79. The molecule has 0 heterocycles. The Morgan fingerprint density at radius 3 is 1.32 bits per heavy atom. The Labute approximate surface area is 339 Å². The third-order valence-electron chi connectivity index (χ3n) is 7.98. The van der Waals surface area contributed by atoms with Gasteiger partial charge in [0.2, 0.25) is 0 Å². The van der Waals surface area contributed by atoms with Crippen molar-refractivity contribution in [2.75, 3.05) is 13.2 Å². The summed E-state index contributed by atoms with van der Waals surface area (Å²) >= 11 is 0. The van der Waals surface area contributed by atoms with Crippen molar-refractivity contribution in [3.63, 3.8) is 0 Å². The molecular formula is C47H73O8P. The maximum Gasteiger partial charge on any atom is 0.469 e. The second-order valence-corrected chi connectivity index (χ2v) is 14.5. The van der Waals surface area contributed by atoms with E-state index in [0.29, 0.717) is 12.8 Å². The molecule has 314 valence electrons. The van der Waals surface area contributed by atoms with Gasteiger partial charge in [-0.05, 0) is 96.3 Å². The van der Waals surface area contributed by atoms with Gasteiger partial charge in [-0.2, -0.15) is 0 Å². The van der Waals surface area contributed by atoms with Crippen LogP contribution in [0.4, 0.5) is 0 Å². The van der Waals surface area contributed by atoms with Crippen LogP contribution < -0.4 is 0 Å². The van der Waals surface area contributed by atoms with Crippen LogP contribution in [0.3, 0.4) is 0 Å². The second-order valence-electron chi connectivity index (χ2n) is 13.2. The normalized spacial score (nSPS) is 13.7. The van der Waals surface area contributed by atoms with Gasteiger partial charge in [0.1, 0.15) is 6.61 Å². The van der Waals surface area contributed by atoms with Gasteiger partial charge in [-0.25, -0.2) is 4.57 Å². The molecule has 0 rings (SSSR count). The molecule has 9 heteroatoms. The summed E-state index contributed by atoms with van der Waals surface area (Å²) in [5.74, 6) is -1.03. The smallest absolute Gasteiger partial charge is 0.462 e. The third-order valence-corrected chi connectivity index (χ3v) is 8.46. The van der Waals surface area contributed by atoms with Gasteiger partial charge in [-0.15, -0.1) is 0 Å². The molecular weight excluding hydrogens is 723 g/mol. The average molecular weight is 797 g/mol. The van der Waals surface area contributed by atoms with E-state index < -0.39 is 32.5 Å². The SMILES string of the molecule is CC/C=C/C/C=C/C/C=C/C/C=C/C/C=C/CCCCCC(=O)O[C@H](COC(=O)CC/C=C/C/C=C/C/C=C/C/C=C/C/C=C/CCCCC)COP(=O)(O)O. The molecule has 0 saturated heterocycles. The summed E-state index contributed by atoms with van der Waals surface area (Å²) in [6.07, 6.45) is 59.3. The van der Waals surface area contributed by atoms with Gasteiger partial charge in [0.15, 0.2) is 6.10 Å².